The van der Waals surface area contributed by atoms with Crippen molar-refractivity contribution >= 4 is 23.3 Å². The quantitative estimate of drug-likeness (QED) is 0.813. The second-order valence-electron chi connectivity index (χ2n) is 4.99. The molecular weight excluding hydrogens is 278 g/mol. The summed E-state index contributed by atoms with van der Waals surface area (Å²) in [4.78, 5) is 23.7. The van der Waals surface area contributed by atoms with E-state index in [4.69, 9.17) is 0 Å². The van der Waals surface area contributed by atoms with Crippen molar-refractivity contribution in [3.05, 3.63) is 59.2 Å². The van der Waals surface area contributed by atoms with Crippen molar-refractivity contribution in [3.63, 3.8) is 0 Å². The molecule has 22 heavy (non-hydrogen) atoms. The van der Waals surface area contributed by atoms with Crippen LogP contribution in [0.5, 0.6) is 0 Å². The van der Waals surface area contributed by atoms with Gasteiger partial charge in [-0.25, -0.2) is 4.79 Å². The summed E-state index contributed by atoms with van der Waals surface area (Å²) in [5.74, 6) is -0.168. The number of anilines is 2. The molecule has 0 heterocycles. The molecule has 0 radical (unpaired) electrons. The van der Waals surface area contributed by atoms with Gasteiger partial charge >= 0.3 is 6.03 Å². The van der Waals surface area contributed by atoms with E-state index in [0.717, 1.165) is 11.1 Å². The molecule has 114 valence electrons. The molecule has 0 aliphatic heterocycles. The zero-order valence-corrected chi connectivity index (χ0v) is 12.9. The maximum absolute atomic E-state index is 12.4. The van der Waals surface area contributed by atoms with Crippen molar-refractivity contribution in [3.8, 4) is 0 Å². The second-order valence-corrected chi connectivity index (χ2v) is 4.99. The van der Waals surface area contributed by atoms with E-state index in [0.29, 0.717) is 16.9 Å². The van der Waals surface area contributed by atoms with Gasteiger partial charge in [-0.1, -0.05) is 18.2 Å². The minimum absolute atomic E-state index is 0.168. The van der Waals surface area contributed by atoms with Crippen LogP contribution in [0.1, 0.15) is 21.5 Å². The molecule has 0 atom stereocenters. The summed E-state index contributed by atoms with van der Waals surface area (Å²) in [6, 6.07) is 12.3. The Kier molecular flexibility index (Phi) is 4.78. The van der Waals surface area contributed by atoms with Crippen LogP contribution < -0.4 is 16.0 Å². The lowest BCUT2D eigenvalue weighted by atomic mass is 10.0. The summed E-state index contributed by atoms with van der Waals surface area (Å²) in [7, 11) is 1.54. The molecule has 0 unspecified atom stereocenters. The van der Waals surface area contributed by atoms with Crippen molar-refractivity contribution in [1.29, 1.82) is 0 Å². The number of carbonyl (C=O) groups is 2. The highest BCUT2D eigenvalue weighted by Gasteiger charge is 2.10. The number of carbonyl (C=O) groups excluding carboxylic acids is 2. The van der Waals surface area contributed by atoms with Crippen molar-refractivity contribution in [2.45, 2.75) is 13.8 Å². The van der Waals surface area contributed by atoms with Gasteiger partial charge in [0.2, 0.25) is 0 Å². The minimum atomic E-state index is -0.307. The molecule has 0 aliphatic carbocycles. The molecule has 5 nitrogen and oxygen atoms in total. The highest BCUT2D eigenvalue weighted by Crippen LogP contribution is 2.18. The number of nitrogens with one attached hydrogen (secondary N) is 3. The minimum Gasteiger partial charge on any atom is -0.341 e. The molecule has 0 bridgehead atoms. The number of urea groups is 1. The Morgan fingerprint density at radius 3 is 2.23 bits per heavy atom. The molecule has 2 aromatic rings. The van der Waals surface area contributed by atoms with Gasteiger partial charge in [0.1, 0.15) is 0 Å². The van der Waals surface area contributed by atoms with Crippen LogP contribution in [-0.4, -0.2) is 19.0 Å². The third-order valence-corrected chi connectivity index (χ3v) is 3.45. The fourth-order valence-corrected chi connectivity index (χ4v) is 2.06. The summed E-state index contributed by atoms with van der Waals surface area (Å²) >= 11 is 0. The predicted octanol–water partition coefficient (Wildman–Crippen LogP) is 3.31. The van der Waals surface area contributed by atoms with E-state index >= 15 is 0 Å². The van der Waals surface area contributed by atoms with Gasteiger partial charge in [0.15, 0.2) is 0 Å². The lowest BCUT2D eigenvalue weighted by Crippen LogP contribution is -2.24. The molecular formula is C17H19N3O2. The lowest BCUT2D eigenvalue weighted by molar-refractivity contribution is 0.102. The first-order chi connectivity index (χ1) is 10.5. The fraction of sp³-hybridized carbons (Fsp3) is 0.176. The van der Waals surface area contributed by atoms with E-state index < -0.39 is 0 Å². The summed E-state index contributed by atoms with van der Waals surface area (Å²) < 4.78 is 0. The summed E-state index contributed by atoms with van der Waals surface area (Å²) in [6.07, 6.45) is 0. The SMILES string of the molecule is CNC(=O)Nc1cccc(NC(=O)c2cccc(C)c2C)c1. The van der Waals surface area contributed by atoms with Crippen LogP contribution in [0.15, 0.2) is 42.5 Å². The van der Waals surface area contributed by atoms with Crippen LogP contribution in [-0.2, 0) is 0 Å². The standard InChI is InChI=1S/C17H19N3O2/c1-11-6-4-9-15(12(11)2)16(21)19-13-7-5-8-14(10-13)20-17(22)18-3/h4-10H,1-3H3,(H,19,21)(H2,18,20,22). The molecule has 0 saturated heterocycles. The third kappa shape index (κ3) is 3.63. The van der Waals surface area contributed by atoms with Crippen molar-refractivity contribution in [2.24, 2.45) is 0 Å². The molecule has 2 rings (SSSR count). The van der Waals surface area contributed by atoms with Gasteiger partial charge < -0.3 is 16.0 Å². The first-order valence-corrected chi connectivity index (χ1v) is 6.97. The van der Waals surface area contributed by atoms with Crippen LogP contribution >= 0.6 is 0 Å². The Balaban J connectivity index is 2.16. The lowest BCUT2D eigenvalue weighted by Gasteiger charge is -2.11. The van der Waals surface area contributed by atoms with Gasteiger partial charge in [0, 0.05) is 24.0 Å². The molecule has 3 amide bonds. The third-order valence-electron chi connectivity index (χ3n) is 3.45. The highest BCUT2D eigenvalue weighted by atomic mass is 16.2. The zero-order valence-electron chi connectivity index (χ0n) is 12.9. The van der Waals surface area contributed by atoms with Crippen LogP contribution in [0.4, 0.5) is 16.2 Å². The second kappa shape index (κ2) is 6.76. The Morgan fingerprint density at radius 2 is 1.55 bits per heavy atom. The van der Waals surface area contributed by atoms with Crippen LogP contribution in [0, 0.1) is 13.8 Å². The topological polar surface area (TPSA) is 70.2 Å². The number of hydrogen-bond donors (Lipinski definition) is 3. The molecule has 3 N–H and O–H groups in total. The van der Waals surface area contributed by atoms with Gasteiger partial charge in [-0.2, -0.15) is 0 Å². The maximum Gasteiger partial charge on any atom is 0.318 e. The Morgan fingerprint density at radius 1 is 0.909 bits per heavy atom. The molecule has 0 aromatic heterocycles. The monoisotopic (exact) mass is 297 g/mol. The highest BCUT2D eigenvalue weighted by molar-refractivity contribution is 6.05. The predicted molar refractivity (Wildman–Crippen MR) is 88.4 cm³/mol. The van der Waals surface area contributed by atoms with Gasteiger partial charge in [0.05, 0.1) is 0 Å². The number of amides is 3. The van der Waals surface area contributed by atoms with Crippen LogP contribution in [0.3, 0.4) is 0 Å². The molecule has 5 heteroatoms. The van der Waals surface area contributed by atoms with E-state index in [-0.39, 0.29) is 11.9 Å². The zero-order chi connectivity index (χ0) is 16.1. The number of benzene rings is 2. The first-order valence-electron chi connectivity index (χ1n) is 6.97. The van der Waals surface area contributed by atoms with Crippen molar-refractivity contribution in [2.75, 3.05) is 17.7 Å². The molecule has 0 saturated carbocycles. The summed E-state index contributed by atoms with van der Waals surface area (Å²) in [5, 5.41) is 7.99. The van der Waals surface area contributed by atoms with E-state index in [9.17, 15) is 9.59 Å². The largest absolute Gasteiger partial charge is 0.341 e. The van der Waals surface area contributed by atoms with E-state index in [1.165, 1.54) is 0 Å². The normalized spacial score (nSPS) is 9.95. The molecule has 2 aromatic carbocycles. The average Bonchev–Trinajstić information content (AvgIpc) is 2.50. The smallest absolute Gasteiger partial charge is 0.318 e. The fourth-order valence-electron chi connectivity index (χ4n) is 2.06. The van der Waals surface area contributed by atoms with E-state index in [2.05, 4.69) is 16.0 Å². The first kappa shape index (κ1) is 15.6. The molecule has 0 spiro atoms. The number of aryl methyl sites for hydroxylation is 1. The Bertz CT molecular complexity index is 711. The van der Waals surface area contributed by atoms with Gasteiger partial charge in [-0.15, -0.1) is 0 Å². The Hall–Kier alpha value is -2.82. The van der Waals surface area contributed by atoms with Crippen molar-refractivity contribution in [1.82, 2.24) is 5.32 Å². The van der Waals surface area contributed by atoms with Crippen LogP contribution in [0.2, 0.25) is 0 Å². The number of rotatable bonds is 3. The van der Waals surface area contributed by atoms with Crippen LogP contribution in [0.25, 0.3) is 0 Å². The average molecular weight is 297 g/mol. The van der Waals surface area contributed by atoms with Crippen molar-refractivity contribution < 1.29 is 9.59 Å². The van der Waals surface area contributed by atoms with Gasteiger partial charge in [0.25, 0.3) is 5.91 Å². The number of hydrogen-bond acceptors (Lipinski definition) is 2. The summed E-state index contributed by atoms with van der Waals surface area (Å²) in [5.41, 5.74) is 3.91. The van der Waals surface area contributed by atoms with E-state index in [1.807, 2.05) is 26.0 Å². The van der Waals surface area contributed by atoms with Gasteiger partial charge in [-0.05, 0) is 49.2 Å². The Labute approximate surface area is 129 Å². The van der Waals surface area contributed by atoms with E-state index in [1.54, 1.807) is 37.4 Å². The molecule has 0 fully saturated rings. The summed E-state index contributed by atoms with van der Waals surface area (Å²) in [6.45, 7) is 3.90. The molecule has 0 aliphatic rings. The maximum atomic E-state index is 12.4. The van der Waals surface area contributed by atoms with Gasteiger partial charge in [-0.3, -0.25) is 4.79 Å².